The summed E-state index contributed by atoms with van der Waals surface area (Å²) in [4.78, 5) is 21.3. The number of carbonyl (C=O) groups is 1. The molecule has 28 heavy (non-hydrogen) atoms. The topological polar surface area (TPSA) is 59.8 Å². The summed E-state index contributed by atoms with van der Waals surface area (Å²) < 4.78 is 1.78. The minimum absolute atomic E-state index is 0.163. The second-order valence-electron chi connectivity index (χ2n) is 6.26. The smallest absolute Gasteiger partial charge is 0.251 e. The van der Waals surface area contributed by atoms with Crippen LogP contribution in [0.3, 0.4) is 0 Å². The predicted octanol–water partition coefficient (Wildman–Crippen LogP) is 4.70. The van der Waals surface area contributed by atoms with Crippen LogP contribution in [0.15, 0.2) is 67.1 Å². The summed E-state index contributed by atoms with van der Waals surface area (Å²) in [7, 11) is 0. The van der Waals surface area contributed by atoms with Gasteiger partial charge in [-0.15, -0.1) is 0 Å². The maximum Gasteiger partial charge on any atom is 0.251 e. The Balaban J connectivity index is 1.51. The van der Waals surface area contributed by atoms with Crippen LogP contribution < -0.4 is 5.32 Å². The number of hydrogen-bond acceptors (Lipinski definition) is 3. The lowest BCUT2D eigenvalue weighted by Crippen LogP contribution is -2.25. The molecule has 2 heterocycles. The van der Waals surface area contributed by atoms with Crippen LogP contribution in [0.2, 0.25) is 10.0 Å². The van der Waals surface area contributed by atoms with E-state index in [0.29, 0.717) is 33.5 Å². The molecule has 0 spiro atoms. The second kappa shape index (κ2) is 8.00. The summed E-state index contributed by atoms with van der Waals surface area (Å²) in [6.45, 7) is 0.522. The van der Waals surface area contributed by atoms with Crippen molar-refractivity contribution in [2.75, 3.05) is 6.54 Å². The van der Waals surface area contributed by atoms with Crippen LogP contribution in [0.1, 0.15) is 15.9 Å². The van der Waals surface area contributed by atoms with Gasteiger partial charge in [0.05, 0.1) is 10.7 Å². The number of fused-ring (bicyclic) bond motifs is 1. The van der Waals surface area contributed by atoms with E-state index in [0.717, 1.165) is 17.5 Å². The first kappa shape index (κ1) is 18.5. The molecule has 0 radical (unpaired) electrons. The fourth-order valence-electron chi connectivity index (χ4n) is 2.94. The summed E-state index contributed by atoms with van der Waals surface area (Å²) in [6, 6.07) is 16.4. The van der Waals surface area contributed by atoms with Gasteiger partial charge in [0.15, 0.2) is 5.65 Å². The Hall–Kier alpha value is -2.89. The van der Waals surface area contributed by atoms with Gasteiger partial charge in [-0.25, -0.2) is 9.97 Å². The van der Waals surface area contributed by atoms with Gasteiger partial charge in [0.1, 0.15) is 11.8 Å². The molecule has 2 aromatic carbocycles. The molecule has 0 saturated carbocycles. The molecule has 4 rings (SSSR count). The molecule has 0 aliphatic rings. The first-order valence-electron chi connectivity index (χ1n) is 8.72. The van der Waals surface area contributed by atoms with Gasteiger partial charge < -0.3 is 5.32 Å². The largest absolute Gasteiger partial charge is 0.352 e. The number of nitrogens with zero attached hydrogens (tertiary/aromatic N) is 3. The Labute approximate surface area is 171 Å². The highest BCUT2D eigenvalue weighted by atomic mass is 35.5. The van der Waals surface area contributed by atoms with Crippen molar-refractivity contribution < 1.29 is 4.79 Å². The van der Waals surface area contributed by atoms with Crippen molar-refractivity contribution >= 4 is 40.3 Å². The molecular formula is C21H16Cl2N4O. The number of benzene rings is 2. The van der Waals surface area contributed by atoms with Crippen molar-refractivity contribution in [3.63, 3.8) is 0 Å². The third kappa shape index (κ3) is 3.86. The fraction of sp³-hybridized carbons (Fsp3) is 0.0952. The van der Waals surface area contributed by atoms with E-state index in [1.54, 1.807) is 35.3 Å². The van der Waals surface area contributed by atoms with Crippen LogP contribution >= 0.6 is 23.2 Å². The molecule has 0 bridgehead atoms. The third-order valence-electron chi connectivity index (χ3n) is 4.39. The average molecular weight is 411 g/mol. The van der Waals surface area contributed by atoms with Crippen LogP contribution in [0, 0.1) is 0 Å². The summed E-state index contributed by atoms with van der Waals surface area (Å²) >= 11 is 12.3. The molecule has 140 valence electrons. The van der Waals surface area contributed by atoms with Gasteiger partial charge in [0.2, 0.25) is 0 Å². The number of nitrogens with one attached hydrogen (secondary N) is 1. The van der Waals surface area contributed by atoms with Crippen LogP contribution in [-0.2, 0) is 6.42 Å². The van der Waals surface area contributed by atoms with E-state index in [2.05, 4.69) is 15.3 Å². The summed E-state index contributed by atoms with van der Waals surface area (Å²) in [6.07, 6.45) is 4.07. The Morgan fingerprint density at radius 1 is 1.04 bits per heavy atom. The van der Waals surface area contributed by atoms with E-state index in [9.17, 15) is 4.79 Å². The minimum atomic E-state index is -0.163. The molecule has 0 unspecified atom stereocenters. The van der Waals surface area contributed by atoms with Gasteiger partial charge in [0, 0.05) is 23.3 Å². The van der Waals surface area contributed by atoms with Crippen LogP contribution in [0.5, 0.6) is 0 Å². The summed E-state index contributed by atoms with van der Waals surface area (Å²) in [5.41, 5.74) is 3.74. The quantitative estimate of drug-likeness (QED) is 0.518. The summed E-state index contributed by atoms with van der Waals surface area (Å²) in [5, 5.41) is 4.15. The highest BCUT2D eigenvalue weighted by Gasteiger charge is 2.13. The van der Waals surface area contributed by atoms with Crippen molar-refractivity contribution in [2.24, 2.45) is 0 Å². The highest BCUT2D eigenvalue weighted by Crippen LogP contribution is 2.25. The monoisotopic (exact) mass is 410 g/mol. The fourth-order valence-corrected chi connectivity index (χ4v) is 3.27. The van der Waals surface area contributed by atoms with Crippen molar-refractivity contribution in [1.82, 2.24) is 19.9 Å². The van der Waals surface area contributed by atoms with Crippen molar-refractivity contribution in [1.29, 1.82) is 0 Å². The molecule has 4 aromatic rings. The number of aromatic nitrogens is 3. The zero-order valence-corrected chi connectivity index (χ0v) is 16.3. The van der Waals surface area contributed by atoms with Crippen molar-refractivity contribution in [3.05, 3.63) is 88.3 Å². The van der Waals surface area contributed by atoms with Crippen molar-refractivity contribution in [3.8, 4) is 5.69 Å². The molecule has 0 saturated heterocycles. The molecule has 0 fully saturated rings. The van der Waals surface area contributed by atoms with Gasteiger partial charge in [-0.1, -0.05) is 35.3 Å². The Morgan fingerprint density at radius 2 is 1.86 bits per heavy atom. The summed E-state index contributed by atoms with van der Waals surface area (Å²) in [5.74, 6) is -0.163. The minimum Gasteiger partial charge on any atom is -0.352 e. The van der Waals surface area contributed by atoms with E-state index in [4.69, 9.17) is 23.2 Å². The standard InChI is InChI=1S/C21H16Cl2N4O/c22-16-6-3-14(4-7-16)9-11-25-21(28)15-5-8-17(23)19(12-15)27-13-26-18-2-1-10-24-20(18)27/h1-8,10,12-13H,9,11H2,(H,25,28). The molecule has 0 atom stereocenters. The van der Waals surface area contributed by atoms with E-state index in [1.165, 1.54) is 0 Å². The van der Waals surface area contributed by atoms with E-state index in [-0.39, 0.29) is 5.91 Å². The molecule has 0 aliphatic carbocycles. The number of imidazole rings is 1. The number of pyridine rings is 1. The third-order valence-corrected chi connectivity index (χ3v) is 4.96. The average Bonchev–Trinajstić information content (AvgIpc) is 3.14. The lowest BCUT2D eigenvalue weighted by atomic mass is 10.1. The molecule has 1 N–H and O–H groups in total. The number of halogens is 2. The van der Waals surface area contributed by atoms with Crippen LogP contribution in [-0.4, -0.2) is 27.0 Å². The molecule has 1 amide bonds. The Morgan fingerprint density at radius 3 is 2.68 bits per heavy atom. The maximum atomic E-state index is 12.6. The van der Waals surface area contributed by atoms with E-state index >= 15 is 0 Å². The number of carbonyl (C=O) groups excluding carboxylic acids is 1. The van der Waals surface area contributed by atoms with Gasteiger partial charge in [-0.05, 0) is 54.4 Å². The second-order valence-corrected chi connectivity index (χ2v) is 7.10. The molecule has 7 heteroatoms. The predicted molar refractivity (Wildman–Crippen MR) is 111 cm³/mol. The molecule has 5 nitrogen and oxygen atoms in total. The zero-order valence-electron chi connectivity index (χ0n) is 14.8. The highest BCUT2D eigenvalue weighted by molar-refractivity contribution is 6.32. The van der Waals surface area contributed by atoms with E-state index < -0.39 is 0 Å². The van der Waals surface area contributed by atoms with Crippen LogP contribution in [0.25, 0.3) is 16.9 Å². The first-order chi connectivity index (χ1) is 13.6. The van der Waals surface area contributed by atoms with Crippen LogP contribution in [0.4, 0.5) is 0 Å². The number of amides is 1. The molecule has 2 aromatic heterocycles. The SMILES string of the molecule is O=C(NCCc1ccc(Cl)cc1)c1ccc(Cl)c(-n2cnc3cccnc32)c1. The van der Waals surface area contributed by atoms with E-state index in [1.807, 2.05) is 36.4 Å². The Bertz CT molecular complexity index is 1140. The first-order valence-corrected chi connectivity index (χ1v) is 9.48. The molecule has 0 aliphatic heterocycles. The molecular weight excluding hydrogens is 395 g/mol. The number of hydrogen-bond donors (Lipinski definition) is 1. The lowest BCUT2D eigenvalue weighted by molar-refractivity contribution is 0.0954. The normalized spacial score (nSPS) is 10.9. The zero-order chi connectivity index (χ0) is 19.5. The van der Waals surface area contributed by atoms with Gasteiger partial charge >= 0.3 is 0 Å². The van der Waals surface area contributed by atoms with Gasteiger partial charge in [0.25, 0.3) is 5.91 Å². The van der Waals surface area contributed by atoms with Gasteiger partial charge in [-0.3, -0.25) is 9.36 Å². The lowest BCUT2D eigenvalue weighted by Gasteiger charge is -2.10. The maximum absolute atomic E-state index is 12.6. The number of rotatable bonds is 5. The van der Waals surface area contributed by atoms with Gasteiger partial charge in [-0.2, -0.15) is 0 Å². The van der Waals surface area contributed by atoms with Crippen molar-refractivity contribution in [2.45, 2.75) is 6.42 Å². The Kier molecular flexibility index (Phi) is 5.28.